The predicted molar refractivity (Wildman–Crippen MR) is 87.0 cm³/mol. The molecule has 0 aliphatic rings. The van der Waals surface area contributed by atoms with Gasteiger partial charge in [0.1, 0.15) is 5.75 Å². The quantitative estimate of drug-likeness (QED) is 0.622. The van der Waals surface area contributed by atoms with Crippen molar-refractivity contribution in [2.75, 3.05) is 13.7 Å². The molecule has 0 aliphatic heterocycles. The number of nitriles is 1. The molecule has 2 rings (SSSR count). The van der Waals surface area contributed by atoms with Crippen LogP contribution in [0.15, 0.2) is 47.6 Å². The topological polar surface area (TPSA) is 104 Å². The number of rotatable bonds is 6. The van der Waals surface area contributed by atoms with Gasteiger partial charge in [-0.25, -0.2) is 5.43 Å². The highest BCUT2D eigenvalue weighted by Crippen LogP contribution is 2.25. The minimum absolute atomic E-state index is 0.0227. The lowest BCUT2D eigenvalue weighted by molar-refractivity contribution is -0.123. The number of nitrogens with one attached hydrogen (secondary N) is 1. The van der Waals surface area contributed by atoms with Gasteiger partial charge in [-0.15, -0.1) is 0 Å². The van der Waals surface area contributed by atoms with E-state index in [0.717, 1.165) is 0 Å². The van der Waals surface area contributed by atoms with Gasteiger partial charge in [0.2, 0.25) is 0 Å². The number of hydrazone groups is 1. The van der Waals surface area contributed by atoms with Crippen molar-refractivity contribution < 1.29 is 19.4 Å². The number of ether oxygens (including phenoxy) is 2. The van der Waals surface area contributed by atoms with E-state index in [1.807, 2.05) is 6.07 Å². The average Bonchev–Trinajstić information content (AvgIpc) is 2.61. The lowest BCUT2D eigenvalue weighted by atomic mass is 10.2. The third kappa shape index (κ3) is 4.74. The summed E-state index contributed by atoms with van der Waals surface area (Å²) in [7, 11) is 1.44. The number of carbonyl (C=O) groups is 1. The highest BCUT2D eigenvalue weighted by molar-refractivity contribution is 5.83. The molecule has 0 aliphatic carbocycles. The molecule has 0 atom stereocenters. The molecule has 24 heavy (non-hydrogen) atoms. The maximum atomic E-state index is 11.6. The summed E-state index contributed by atoms with van der Waals surface area (Å²) in [5.74, 6) is 0.390. The van der Waals surface area contributed by atoms with Crippen molar-refractivity contribution in [3.63, 3.8) is 0 Å². The van der Waals surface area contributed by atoms with Crippen LogP contribution < -0.4 is 14.9 Å². The summed E-state index contributed by atoms with van der Waals surface area (Å²) < 4.78 is 10.3. The molecule has 0 aromatic heterocycles. The number of nitrogens with zero attached hydrogens (tertiary/aromatic N) is 2. The van der Waals surface area contributed by atoms with Crippen LogP contribution in [0.25, 0.3) is 0 Å². The fraction of sp³-hybridized carbons (Fsp3) is 0.118. The lowest BCUT2D eigenvalue weighted by Gasteiger charge is -2.05. The van der Waals surface area contributed by atoms with Crippen LogP contribution in [0.3, 0.4) is 0 Å². The molecular formula is C17H15N3O4. The van der Waals surface area contributed by atoms with Gasteiger partial charge in [-0.3, -0.25) is 4.79 Å². The molecule has 0 unspecified atom stereocenters. The number of benzene rings is 2. The van der Waals surface area contributed by atoms with Crippen molar-refractivity contribution in [1.82, 2.24) is 5.43 Å². The molecule has 0 saturated heterocycles. The SMILES string of the molecule is COc1cc(/C=N/NC(=O)COc2ccc(C#N)cc2)ccc1O. The lowest BCUT2D eigenvalue weighted by Crippen LogP contribution is -2.24. The molecule has 2 N–H and O–H groups in total. The van der Waals surface area contributed by atoms with E-state index in [-0.39, 0.29) is 12.4 Å². The van der Waals surface area contributed by atoms with Gasteiger partial charge >= 0.3 is 0 Å². The molecule has 0 heterocycles. The zero-order valence-electron chi connectivity index (χ0n) is 12.9. The largest absolute Gasteiger partial charge is 0.504 e. The maximum absolute atomic E-state index is 11.6. The molecular weight excluding hydrogens is 310 g/mol. The van der Waals surface area contributed by atoms with E-state index in [2.05, 4.69) is 10.5 Å². The van der Waals surface area contributed by atoms with Crippen molar-refractivity contribution in [2.45, 2.75) is 0 Å². The molecule has 0 fully saturated rings. The van der Waals surface area contributed by atoms with E-state index in [1.54, 1.807) is 36.4 Å². The first-order valence-electron chi connectivity index (χ1n) is 6.94. The first-order valence-corrected chi connectivity index (χ1v) is 6.94. The third-order valence-electron chi connectivity index (χ3n) is 2.96. The van der Waals surface area contributed by atoms with Crippen molar-refractivity contribution in [3.8, 4) is 23.3 Å². The zero-order chi connectivity index (χ0) is 17.4. The van der Waals surface area contributed by atoms with Gasteiger partial charge in [0.15, 0.2) is 18.1 Å². The van der Waals surface area contributed by atoms with Crippen molar-refractivity contribution in [2.24, 2.45) is 5.10 Å². The van der Waals surface area contributed by atoms with Crippen LogP contribution in [0.2, 0.25) is 0 Å². The molecule has 0 spiro atoms. The summed E-state index contributed by atoms with van der Waals surface area (Å²) in [6, 6.07) is 13.1. The second-order valence-corrected chi connectivity index (χ2v) is 4.65. The number of aromatic hydroxyl groups is 1. The van der Waals surface area contributed by atoms with Crippen LogP contribution in [0.5, 0.6) is 17.2 Å². The van der Waals surface area contributed by atoms with E-state index in [4.69, 9.17) is 14.7 Å². The van der Waals surface area contributed by atoms with E-state index in [0.29, 0.717) is 22.6 Å². The normalized spacial score (nSPS) is 10.2. The van der Waals surface area contributed by atoms with Crippen LogP contribution in [-0.4, -0.2) is 30.9 Å². The van der Waals surface area contributed by atoms with Gasteiger partial charge in [-0.1, -0.05) is 0 Å². The summed E-state index contributed by atoms with van der Waals surface area (Å²) in [5.41, 5.74) is 3.49. The number of hydrogen-bond donors (Lipinski definition) is 2. The predicted octanol–water partition coefficient (Wildman–Crippen LogP) is 1.80. The molecule has 0 radical (unpaired) electrons. The van der Waals surface area contributed by atoms with Crippen LogP contribution in [0, 0.1) is 11.3 Å². The second-order valence-electron chi connectivity index (χ2n) is 4.65. The Bertz CT molecular complexity index is 779. The fourth-order valence-electron chi connectivity index (χ4n) is 1.76. The average molecular weight is 325 g/mol. The Hall–Kier alpha value is -3.53. The van der Waals surface area contributed by atoms with Gasteiger partial charge in [0.05, 0.1) is 25.0 Å². The minimum Gasteiger partial charge on any atom is -0.504 e. The Labute approximate surface area is 138 Å². The highest BCUT2D eigenvalue weighted by atomic mass is 16.5. The van der Waals surface area contributed by atoms with E-state index in [9.17, 15) is 9.90 Å². The molecule has 122 valence electrons. The molecule has 7 heteroatoms. The van der Waals surface area contributed by atoms with Gasteiger partial charge in [0.25, 0.3) is 5.91 Å². The van der Waals surface area contributed by atoms with Crippen molar-refractivity contribution in [3.05, 3.63) is 53.6 Å². The molecule has 2 aromatic rings. The number of phenols is 1. The fourth-order valence-corrected chi connectivity index (χ4v) is 1.76. The number of carbonyl (C=O) groups excluding carboxylic acids is 1. The van der Waals surface area contributed by atoms with Crippen molar-refractivity contribution in [1.29, 1.82) is 5.26 Å². The second kappa shape index (κ2) is 8.19. The monoisotopic (exact) mass is 325 g/mol. The number of phenolic OH excluding ortho intramolecular Hbond substituents is 1. The minimum atomic E-state index is -0.429. The van der Waals surface area contributed by atoms with Crippen molar-refractivity contribution >= 4 is 12.1 Å². The first-order chi connectivity index (χ1) is 11.6. The Morgan fingerprint density at radius 3 is 2.75 bits per heavy atom. The van der Waals surface area contributed by atoms with Crippen LogP contribution in [-0.2, 0) is 4.79 Å². The molecule has 2 aromatic carbocycles. The summed E-state index contributed by atoms with van der Waals surface area (Å²) in [6.45, 7) is -0.206. The summed E-state index contributed by atoms with van der Waals surface area (Å²) in [6.07, 6.45) is 1.42. The molecule has 0 saturated carbocycles. The number of methoxy groups -OCH3 is 1. The summed E-state index contributed by atoms with van der Waals surface area (Å²) >= 11 is 0. The molecule has 1 amide bonds. The molecule has 0 bridgehead atoms. The van der Waals surface area contributed by atoms with Gasteiger partial charge in [-0.05, 0) is 48.0 Å². The van der Waals surface area contributed by atoms with E-state index < -0.39 is 5.91 Å². The van der Waals surface area contributed by atoms with Crippen LogP contribution >= 0.6 is 0 Å². The number of hydrogen-bond acceptors (Lipinski definition) is 6. The Morgan fingerprint density at radius 1 is 1.33 bits per heavy atom. The van der Waals surface area contributed by atoms with Crippen LogP contribution in [0.4, 0.5) is 0 Å². The van der Waals surface area contributed by atoms with Gasteiger partial charge < -0.3 is 14.6 Å². The standard InChI is InChI=1S/C17H15N3O4/c1-23-16-8-13(4-7-15(16)21)10-19-20-17(22)11-24-14-5-2-12(9-18)3-6-14/h2-8,10,21H,11H2,1H3,(H,20,22)/b19-10+. The zero-order valence-corrected chi connectivity index (χ0v) is 12.9. The smallest absolute Gasteiger partial charge is 0.277 e. The summed E-state index contributed by atoms with van der Waals surface area (Å²) in [4.78, 5) is 11.6. The van der Waals surface area contributed by atoms with E-state index >= 15 is 0 Å². The third-order valence-corrected chi connectivity index (χ3v) is 2.96. The van der Waals surface area contributed by atoms with Crippen LogP contribution in [0.1, 0.15) is 11.1 Å². The van der Waals surface area contributed by atoms with E-state index in [1.165, 1.54) is 19.4 Å². The van der Waals surface area contributed by atoms with Gasteiger partial charge in [-0.2, -0.15) is 10.4 Å². The highest BCUT2D eigenvalue weighted by Gasteiger charge is 2.03. The summed E-state index contributed by atoms with van der Waals surface area (Å²) in [5, 5.41) is 22.0. The number of amides is 1. The maximum Gasteiger partial charge on any atom is 0.277 e. The Balaban J connectivity index is 1.83. The molecule has 7 nitrogen and oxygen atoms in total. The first kappa shape index (κ1) is 16.8. The Kier molecular flexibility index (Phi) is 5.75. The Morgan fingerprint density at radius 2 is 2.08 bits per heavy atom. The van der Waals surface area contributed by atoms with Gasteiger partial charge in [0, 0.05) is 0 Å².